The number of carbonyl (C=O) groups is 2. The Balaban J connectivity index is 1.63. The Bertz CT molecular complexity index is 865. The fourth-order valence-corrected chi connectivity index (χ4v) is 2.63. The number of hydrogen-bond donors (Lipinski definition) is 2. The molecule has 0 spiro atoms. The van der Waals surface area contributed by atoms with Crippen molar-refractivity contribution in [2.24, 2.45) is 0 Å². The SMILES string of the molecule is O=C1NC(=O)C([N+](=O)[O-])C(C=Cc2ccc(OCc3ccccc3)cc2)N1. The number of carbonyl (C=O) groups excluding carboxylic acids is 2. The number of nitro groups is 1. The van der Waals surface area contributed by atoms with Gasteiger partial charge in [-0.2, -0.15) is 0 Å². The van der Waals surface area contributed by atoms with Gasteiger partial charge in [0.15, 0.2) is 0 Å². The van der Waals surface area contributed by atoms with E-state index in [1.54, 1.807) is 30.3 Å². The summed E-state index contributed by atoms with van der Waals surface area (Å²) in [5, 5.41) is 15.3. The van der Waals surface area contributed by atoms with Gasteiger partial charge >= 0.3 is 18.0 Å². The molecule has 0 aliphatic carbocycles. The first-order chi connectivity index (χ1) is 13.0. The van der Waals surface area contributed by atoms with Crippen molar-refractivity contribution in [2.45, 2.75) is 18.7 Å². The molecule has 1 aliphatic heterocycles. The van der Waals surface area contributed by atoms with Gasteiger partial charge in [-0.3, -0.25) is 20.2 Å². The van der Waals surface area contributed by atoms with Crippen molar-refractivity contribution < 1.29 is 19.2 Å². The molecule has 1 heterocycles. The van der Waals surface area contributed by atoms with Gasteiger partial charge in [0.1, 0.15) is 18.4 Å². The van der Waals surface area contributed by atoms with Crippen molar-refractivity contribution in [3.63, 3.8) is 0 Å². The zero-order valence-electron chi connectivity index (χ0n) is 14.2. The minimum Gasteiger partial charge on any atom is -0.489 e. The van der Waals surface area contributed by atoms with E-state index >= 15 is 0 Å². The molecule has 0 saturated carbocycles. The van der Waals surface area contributed by atoms with Crippen LogP contribution in [0.15, 0.2) is 60.7 Å². The molecular weight excluding hydrogens is 350 g/mol. The highest BCUT2D eigenvalue weighted by atomic mass is 16.6. The molecule has 0 radical (unpaired) electrons. The van der Waals surface area contributed by atoms with Gasteiger partial charge in [0, 0.05) is 4.92 Å². The number of urea groups is 1. The summed E-state index contributed by atoms with van der Waals surface area (Å²) >= 11 is 0. The quantitative estimate of drug-likeness (QED) is 0.600. The van der Waals surface area contributed by atoms with Crippen molar-refractivity contribution in [1.82, 2.24) is 10.6 Å². The molecule has 27 heavy (non-hydrogen) atoms. The molecule has 3 rings (SSSR count). The largest absolute Gasteiger partial charge is 0.489 e. The van der Waals surface area contributed by atoms with Crippen LogP contribution in [0.3, 0.4) is 0 Å². The predicted molar refractivity (Wildman–Crippen MR) is 97.5 cm³/mol. The van der Waals surface area contributed by atoms with Gasteiger partial charge < -0.3 is 10.1 Å². The van der Waals surface area contributed by atoms with Crippen LogP contribution in [0.1, 0.15) is 11.1 Å². The van der Waals surface area contributed by atoms with Gasteiger partial charge in [-0.25, -0.2) is 4.79 Å². The van der Waals surface area contributed by atoms with E-state index in [1.807, 2.05) is 35.6 Å². The highest BCUT2D eigenvalue weighted by molar-refractivity contribution is 6.00. The predicted octanol–water partition coefficient (Wildman–Crippen LogP) is 2.13. The summed E-state index contributed by atoms with van der Waals surface area (Å²) in [4.78, 5) is 33.4. The van der Waals surface area contributed by atoms with Crippen LogP contribution in [0.25, 0.3) is 6.08 Å². The van der Waals surface area contributed by atoms with Gasteiger partial charge in [-0.1, -0.05) is 54.6 Å². The van der Waals surface area contributed by atoms with Crippen molar-refractivity contribution >= 4 is 18.0 Å². The molecule has 1 fully saturated rings. The Labute approximate surface area is 155 Å². The second-order valence-electron chi connectivity index (χ2n) is 5.92. The number of imide groups is 1. The third kappa shape index (κ3) is 4.69. The van der Waals surface area contributed by atoms with Crippen LogP contribution in [0, 0.1) is 10.1 Å². The molecule has 2 atom stereocenters. The fourth-order valence-electron chi connectivity index (χ4n) is 2.63. The summed E-state index contributed by atoms with van der Waals surface area (Å²) in [7, 11) is 0. The molecule has 8 nitrogen and oxygen atoms in total. The second-order valence-corrected chi connectivity index (χ2v) is 5.92. The average Bonchev–Trinajstić information content (AvgIpc) is 2.65. The van der Waals surface area contributed by atoms with Gasteiger partial charge in [-0.15, -0.1) is 0 Å². The van der Waals surface area contributed by atoms with Crippen LogP contribution < -0.4 is 15.4 Å². The van der Waals surface area contributed by atoms with E-state index in [2.05, 4.69) is 5.32 Å². The Morgan fingerprint density at radius 3 is 2.44 bits per heavy atom. The van der Waals surface area contributed by atoms with Crippen molar-refractivity contribution in [2.75, 3.05) is 0 Å². The third-order valence-electron chi connectivity index (χ3n) is 3.99. The lowest BCUT2D eigenvalue weighted by molar-refractivity contribution is -0.510. The van der Waals surface area contributed by atoms with Crippen LogP contribution in [-0.4, -0.2) is 28.9 Å². The van der Waals surface area contributed by atoms with Gasteiger partial charge in [0.2, 0.25) is 0 Å². The van der Waals surface area contributed by atoms with Gasteiger partial charge in [0.05, 0.1) is 0 Å². The Morgan fingerprint density at radius 2 is 1.78 bits per heavy atom. The minimum atomic E-state index is -1.56. The first-order valence-corrected chi connectivity index (χ1v) is 8.23. The summed E-state index contributed by atoms with van der Waals surface area (Å²) in [6.07, 6.45) is 3.05. The first-order valence-electron chi connectivity index (χ1n) is 8.23. The van der Waals surface area contributed by atoms with Crippen LogP contribution in [-0.2, 0) is 11.4 Å². The number of ether oxygens (including phenoxy) is 1. The molecule has 1 saturated heterocycles. The highest BCUT2D eigenvalue weighted by Crippen LogP contribution is 2.16. The number of nitrogens with zero attached hydrogens (tertiary/aromatic N) is 1. The number of nitrogens with one attached hydrogen (secondary N) is 2. The lowest BCUT2D eigenvalue weighted by Gasteiger charge is -2.23. The third-order valence-corrected chi connectivity index (χ3v) is 3.99. The lowest BCUT2D eigenvalue weighted by Crippen LogP contribution is -2.62. The van der Waals surface area contributed by atoms with Crippen molar-refractivity contribution in [3.05, 3.63) is 81.9 Å². The molecule has 0 aromatic heterocycles. The Morgan fingerprint density at radius 1 is 1.07 bits per heavy atom. The lowest BCUT2D eigenvalue weighted by atomic mass is 10.0. The normalized spacial score (nSPS) is 19.4. The number of benzene rings is 2. The van der Waals surface area contributed by atoms with E-state index in [9.17, 15) is 19.7 Å². The van der Waals surface area contributed by atoms with E-state index in [4.69, 9.17) is 4.74 Å². The summed E-state index contributed by atoms with van der Waals surface area (Å²) in [5.74, 6) is -0.243. The van der Waals surface area contributed by atoms with Gasteiger partial charge in [-0.05, 0) is 23.3 Å². The fraction of sp³-hybridized carbons (Fsp3) is 0.158. The number of rotatable bonds is 6. The molecule has 0 bridgehead atoms. The summed E-state index contributed by atoms with van der Waals surface area (Å²) in [6.45, 7) is 0.448. The second kappa shape index (κ2) is 8.13. The van der Waals surface area contributed by atoms with Crippen molar-refractivity contribution in [1.29, 1.82) is 0 Å². The van der Waals surface area contributed by atoms with E-state index in [0.29, 0.717) is 12.4 Å². The number of hydrogen-bond acceptors (Lipinski definition) is 5. The highest BCUT2D eigenvalue weighted by Gasteiger charge is 2.43. The van der Waals surface area contributed by atoms with Crippen LogP contribution in [0.4, 0.5) is 4.79 Å². The maximum atomic E-state index is 11.6. The monoisotopic (exact) mass is 367 g/mol. The molecule has 138 valence electrons. The van der Waals surface area contributed by atoms with E-state index in [-0.39, 0.29) is 0 Å². The maximum absolute atomic E-state index is 11.6. The first kappa shape index (κ1) is 18.1. The standard InChI is InChI=1S/C19H17N3O5/c23-18-17(22(25)26)16(20-19(24)21-18)11-8-13-6-9-15(10-7-13)27-12-14-4-2-1-3-5-14/h1-11,16-17H,12H2,(H2,20,21,23,24). The summed E-state index contributed by atoms with van der Waals surface area (Å²) < 4.78 is 5.69. The molecule has 2 aromatic rings. The summed E-state index contributed by atoms with van der Waals surface area (Å²) in [5.41, 5.74) is 1.81. The smallest absolute Gasteiger partial charge is 0.322 e. The molecule has 8 heteroatoms. The molecule has 1 aliphatic rings. The Hall–Kier alpha value is -3.68. The topological polar surface area (TPSA) is 111 Å². The number of amides is 3. The molecule has 2 aromatic carbocycles. The van der Waals surface area contributed by atoms with Crippen molar-refractivity contribution in [3.8, 4) is 5.75 Å². The van der Waals surface area contributed by atoms with Gasteiger partial charge in [0.25, 0.3) is 0 Å². The van der Waals surface area contributed by atoms with Crippen LogP contribution in [0.2, 0.25) is 0 Å². The molecule has 2 N–H and O–H groups in total. The van der Waals surface area contributed by atoms with E-state index < -0.39 is 28.9 Å². The molecule has 3 amide bonds. The van der Waals surface area contributed by atoms with Crippen LogP contribution >= 0.6 is 0 Å². The maximum Gasteiger partial charge on any atom is 0.322 e. The zero-order valence-corrected chi connectivity index (χ0v) is 14.2. The van der Waals surface area contributed by atoms with E-state index in [0.717, 1.165) is 11.1 Å². The zero-order chi connectivity index (χ0) is 19.2. The molecular formula is C19H17N3O5. The Kier molecular flexibility index (Phi) is 5.46. The molecule has 2 unspecified atom stereocenters. The minimum absolute atomic E-state index is 0.448. The van der Waals surface area contributed by atoms with Crippen LogP contribution in [0.5, 0.6) is 5.75 Å². The average molecular weight is 367 g/mol. The summed E-state index contributed by atoms with van der Waals surface area (Å²) in [6, 6.07) is 13.5. The van der Waals surface area contributed by atoms with E-state index in [1.165, 1.54) is 6.08 Å².